The predicted molar refractivity (Wildman–Crippen MR) is 408 cm³/mol. The molecule has 3 saturated carbocycles. The van der Waals surface area contributed by atoms with Crippen molar-refractivity contribution in [3.8, 4) is 35.1 Å². The first kappa shape index (κ1) is 81.3. The number of aliphatic hydroxyl groups excluding tert-OH is 1. The number of fused-ring (bicyclic) bond motifs is 10. The lowest BCUT2D eigenvalue weighted by Crippen LogP contribution is -2.50. The fraction of sp³-hybridized carbons (Fsp3) is 0.547. The van der Waals surface area contributed by atoms with E-state index in [2.05, 4.69) is 62.1 Å². The van der Waals surface area contributed by atoms with Crippen LogP contribution in [0.5, 0.6) is 35.1 Å². The third-order valence-corrected chi connectivity index (χ3v) is 30.0. The molecular weight excluding hydrogens is 1560 g/mol. The minimum atomic E-state index is -3.52. The zero-order valence-electron chi connectivity index (χ0n) is 61.2. The van der Waals surface area contributed by atoms with E-state index in [0.717, 1.165) is 55.7 Å². The molecule has 8 fully saturated rings. The lowest BCUT2D eigenvalue weighted by atomic mass is 9.99. The van der Waals surface area contributed by atoms with Gasteiger partial charge in [0.15, 0.2) is 21.4 Å². The number of nitrogens with zero attached hydrogens (tertiary/aromatic N) is 12. The molecule has 13 aliphatic rings. The number of sulfonamides is 2. The van der Waals surface area contributed by atoms with Crippen molar-refractivity contribution in [3.05, 3.63) is 148 Å². The van der Waals surface area contributed by atoms with E-state index < -0.39 is 41.0 Å². The van der Waals surface area contributed by atoms with Crippen molar-refractivity contribution in [1.82, 2.24) is 63.6 Å². The Labute approximate surface area is 660 Å². The molecule has 10 unspecified atom stereocenters. The quantitative estimate of drug-likeness (QED) is 0.0684. The summed E-state index contributed by atoms with van der Waals surface area (Å²) in [7, 11) is -7.19. The second-order valence-corrected chi connectivity index (χ2v) is 37.1. The van der Waals surface area contributed by atoms with E-state index in [-0.39, 0.29) is 131 Å². The van der Waals surface area contributed by atoms with E-state index in [4.69, 9.17) is 63.2 Å². The normalized spacial score (nSPS) is 28.9. The van der Waals surface area contributed by atoms with E-state index in [0.29, 0.717) is 121 Å². The number of halogens is 4. The van der Waals surface area contributed by atoms with Gasteiger partial charge in [0.25, 0.3) is 0 Å². The van der Waals surface area contributed by atoms with E-state index in [1.54, 1.807) is 25.3 Å². The SMILES string of the molecule is C.COC(=O)N1C2C=C[C@H]1CC(O)C2.COC(=O)N1C2C=C[C@H]1CC(Oc1ncnc(Cl)c1C)C2.Cc1c(Cl)ncnc1OC1CC2C=C[C@@H](C1)N2.Cc1c(Cl)ncnc1OC1CC2C=C[C@@H](C1)N2S(=O)(=O)C1CC1.Cc1c(Oc2ccc(S(=O)(=O)C3CC3)cc2F)ncnc1OC1CC2C=C[C@@H](C1)N2S(=O)(=O)C1CC1. The predicted octanol–water partition coefficient (Wildman–Crippen LogP) is 10.8. The van der Waals surface area contributed by atoms with Gasteiger partial charge in [-0.05, 0) is 97.3 Å². The molecule has 2 amide bonds. The second kappa shape index (κ2) is 33.8. The maximum Gasteiger partial charge on any atom is 0.410 e. The fourth-order valence-electron chi connectivity index (χ4n) is 15.6. The number of methoxy groups -OCH3 is 2. The van der Waals surface area contributed by atoms with Crippen LogP contribution in [0.25, 0.3) is 0 Å². The molecule has 36 heteroatoms. The highest BCUT2D eigenvalue weighted by Crippen LogP contribution is 2.45. The zero-order chi connectivity index (χ0) is 77.7. The Morgan fingerprint density at radius 3 is 1.14 bits per heavy atom. The molecule has 5 saturated heterocycles. The van der Waals surface area contributed by atoms with Crippen LogP contribution >= 0.6 is 34.8 Å². The Kier molecular flexibility index (Phi) is 24.7. The number of ether oxygens (including phenoxy) is 7. The number of piperidine rings is 5. The summed E-state index contributed by atoms with van der Waals surface area (Å²) in [6.45, 7) is 7.21. The van der Waals surface area contributed by atoms with E-state index >= 15 is 0 Å². The largest absolute Gasteiger partial charge is 0.474 e. The standard InChI is InChI=1S/C24H26FN3O6S2.C15H18ClN3O3S.C14H16ClN3O3.C12H14ClN3O.C9H13NO3.CH4/c1-14-23(33-17-10-15-2-3-16(11-17)28(15)36(31,32)19-6-7-19)26-13-27-24(14)34-22-9-8-20(12-21(22)25)35(29,30)18-4-5-18;1-9-14(16)17-8-18-15(9)22-12-6-10-2-3-11(7-12)19(10)23(20,21)13-4-5-13;1-8-12(15)16-7-17-13(8)21-11-5-9-3-4-10(6-11)18(9)14(19)20-2;1-7-11(13)14-6-15-12(7)17-10-4-8-2-3-9(5-10)16-8;1-13-9(12)10-6-2-3-7(10)5-8(11)4-6;/h2-3,8-9,12-13,15-19H,4-7,10-11H2,1H3;2-3,8,10-13H,4-7H2,1H3;3-4,7,9-11H,5-6H2,1-2H3;2-3,6,8-10,16H,4-5H2,1H3;2-3,6-8,11H,4-5H2,1H3;1H4/t15-,16?,17?;10-,11?,12?;9-,10?,11?;8-,9?,10?;6-,7?,8?;/m00000./s1. The molecule has 10 aliphatic heterocycles. The zero-order valence-corrected chi connectivity index (χ0v) is 65.9. The van der Waals surface area contributed by atoms with Crippen LogP contribution in [0.4, 0.5) is 14.0 Å². The Morgan fingerprint density at radius 1 is 0.450 bits per heavy atom. The Hall–Kier alpha value is -7.73. The second-order valence-electron chi connectivity index (χ2n) is 29.5. The molecule has 0 spiro atoms. The first-order valence-electron chi connectivity index (χ1n) is 36.9. The summed E-state index contributed by atoms with van der Waals surface area (Å²) in [6, 6.07) is 3.87. The van der Waals surface area contributed by atoms with Gasteiger partial charge in [-0.15, -0.1) is 0 Å². The van der Waals surface area contributed by atoms with Gasteiger partial charge in [0.2, 0.25) is 49.4 Å². The van der Waals surface area contributed by atoms with Crippen molar-refractivity contribution in [2.45, 2.75) is 249 Å². The molecule has 111 heavy (non-hydrogen) atoms. The summed E-state index contributed by atoms with van der Waals surface area (Å²) in [4.78, 5) is 58.9. The first-order valence-corrected chi connectivity index (χ1v) is 42.6. The average Bonchev–Trinajstić information content (AvgIpc) is 1.59. The third-order valence-electron chi connectivity index (χ3n) is 21.7. The Balaban J connectivity index is 0.000000127. The van der Waals surface area contributed by atoms with E-state index in [1.807, 2.05) is 69.4 Å². The topological polar surface area (TPSA) is 350 Å². The molecule has 1 aromatic carbocycles. The number of carbonyl (C=O) groups excluding carboxylic acids is 2. The smallest absolute Gasteiger partial charge is 0.410 e. The molecule has 29 nitrogen and oxygen atoms in total. The number of hydrogen-bond acceptors (Lipinski definition) is 25. The van der Waals surface area contributed by atoms with Crippen molar-refractivity contribution in [2.75, 3.05) is 14.2 Å². The molecule has 10 bridgehead atoms. The molecule has 5 aromatic rings. The highest BCUT2D eigenvalue weighted by molar-refractivity contribution is 7.92. The van der Waals surface area contributed by atoms with Gasteiger partial charge < -0.3 is 43.6 Å². The minimum Gasteiger partial charge on any atom is -0.474 e. The van der Waals surface area contributed by atoms with Gasteiger partial charge in [0, 0.05) is 104 Å². The summed E-state index contributed by atoms with van der Waals surface area (Å²) in [6.07, 6.45) is 35.9. The van der Waals surface area contributed by atoms with Crippen molar-refractivity contribution < 1.29 is 77.5 Å². The van der Waals surface area contributed by atoms with Gasteiger partial charge in [0.1, 0.15) is 65.2 Å². The number of rotatable bonds is 16. The Bertz CT molecular complexity index is 4740. The molecule has 18 rings (SSSR count). The maximum atomic E-state index is 14.7. The van der Waals surface area contributed by atoms with E-state index in [1.165, 1.54) is 51.7 Å². The number of sulfone groups is 1. The fourth-order valence-corrected chi connectivity index (χ4v) is 22.0. The van der Waals surface area contributed by atoms with Gasteiger partial charge in [-0.3, -0.25) is 9.80 Å². The average molecular weight is 1650 g/mol. The maximum absolute atomic E-state index is 14.7. The van der Waals surface area contributed by atoms with Gasteiger partial charge in [-0.1, -0.05) is 103 Å². The summed E-state index contributed by atoms with van der Waals surface area (Å²) >= 11 is 17.9. The number of aliphatic hydroxyl groups is 1. The Morgan fingerprint density at radius 2 is 0.775 bits per heavy atom. The molecule has 4 aromatic heterocycles. The third kappa shape index (κ3) is 18.0. The molecule has 3 aliphatic carbocycles. The van der Waals surface area contributed by atoms with Gasteiger partial charge in [0.05, 0.1) is 70.7 Å². The highest BCUT2D eigenvalue weighted by atomic mass is 35.5. The van der Waals surface area contributed by atoms with Crippen molar-refractivity contribution in [3.63, 3.8) is 0 Å². The molecular formula is C75H91Cl3FN13O16S3. The van der Waals surface area contributed by atoms with Crippen LogP contribution in [0.15, 0.2) is 109 Å². The van der Waals surface area contributed by atoms with Crippen LogP contribution in [-0.2, 0) is 39.4 Å². The molecule has 2 N–H and O–H groups in total. The number of nitrogens with one attached hydrogen (secondary N) is 1. The summed E-state index contributed by atoms with van der Waals surface area (Å²) in [5.74, 6) is 1.00. The number of benzene rings is 1. The summed E-state index contributed by atoms with van der Waals surface area (Å²) < 4.78 is 133. The minimum absolute atomic E-state index is 0. The summed E-state index contributed by atoms with van der Waals surface area (Å²) in [5.41, 5.74) is 2.71. The number of hydrogen-bond donors (Lipinski definition) is 2. The van der Waals surface area contributed by atoms with Crippen molar-refractivity contribution in [1.29, 1.82) is 0 Å². The van der Waals surface area contributed by atoms with Crippen LogP contribution < -0.4 is 29.0 Å². The van der Waals surface area contributed by atoms with Gasteiger partial charge in [-0.25, -0.2) is 79.1 Å². The van der Waals surface area contributed by atoms with E-state index in [9.17, 15) is 44.3 Å². The van der Waals surface area contributed by atoms with Crippen molar-refractivity contribution in [2.24, 2.45) is 0 Å². The lowest BCUT2D eigenvalue weighted by molar-refractivity contribution is 0.0383. The van der Waals surface area contributed by atoms with Gasteiger partial charge >= 0.3 is 12.2 Å². The molecule has 598 valence electrons. The van der Waals surface area contributed by atoms with Crippen LogP contribution in [0.1, 0.15) is 132 Å². The molecule has 0 radical (unpaired) electrons. The lowest BCUT2D eigenvalue weighted by Gasteiger charge is -2.38. The first-order chi connectivity index (χ1) is 52.6. The highest BCUT2D eigenvalue weighted by Gasteiger charge is 2.52. The van der Waals surface area contributed by atoms with Gasteiger partial charge in [-0.2, -0.15) is 8.61 Å². The molecule has 14 heterocycles. The van der Waals surface area contributed by atoms with Crippen LogP contribution in [0.2, 0.25) is 15.5 Å². The molecule has 15 atom stereocenters. The van der Waals surface area contributed by atoms with Crippen LogP contribution in [0, 0.1) is 33.5 Å². The number of carbonyl (C=O) groups is 2. The number of aromatic nitrogens is 8. The monoisotopic (exact) mass is 1650 g/mol. The summed E-state index contributed by atoms with van der Waals surface area (Å²) in [5, 5.41) is 13.3. The van der Waals surface area contributed by atoms with Crippen LogP contribution in [0.3, 0.4) is 0 Å². The number of amides is 2. The van der Waals surface area contributed by atoms with Crippen molar-refractivity contribution >= 4 is 76.9 Å². The van der Waals surface area contributed by atoms with Crippen LogP contribution in [-0.4, -0.2) is 222 Å².